The molecule has 5 amide bonds. The number of unbranched alkanes of at least 4 members (excludes halogenated alkanes) is 1. The van der Waals surface area contributed by atoms with E-state index in [-0.39, 0.29) is 41.2 Å². The number of hydrogen-bond acceptors (Lipinski definition) is 6. The molecule has 1 unspecified atom stereocenters. The molecule has 11 heteroatoms. The van der Waals surface area contributed by atoms with E-state index in [0.717, 1.165) is 38.5 Å². The maximum absolute atomic E-state index is 14.6. The Hall–Kier alpha value is -2.95. The zero-order valence-corrected chi connectivity index (χ0v) is 29.4. The lowest BCUT2D eigenvalue weighted by atomic mass is 9.70. The van der Waals surface area contributed by atoms with Gasteiger partial charge in [-0.3, -0.25) is 19.2 Å². The Morgan fingerprint density at radius 1 is 1.02 bits per heavy atom. The van der Waals surface area contributed by atoms with E-state index in [0.29, 0.717) is 26.0 Å². The molecule has 6 atom stereocenters. The predicted octanol–water partition coefficient (Wildman–Crippen LogP) is 3.72. The van der Waals surface area contributed by atoms with Gasteiger partial charge in [-0.2, -0.15) is 0 Å². The number of Topliss-reactive ketones (excluding diaryl/α,β-unsaturated/α-hetero) is 1. The third-order valence-corrected chi connectivity index (χ3v) is 10.8. The third kappa shape index (κ3) is 8.49. The summed E-state index contributed by atoms with van der Waals surface area (Å²) < 4.78 is 5.37. The summed E-state index contributed by atoms with van der Waals surface area (Å²) in [5.41, 5.74) is -0.920. The van der Waals surface area contributed by atoms with Crippen molar-refractivity contribution >= 4 is 29.5 Å². The van der Waals surface area contributed by atoms with E-state index in [1.54, 1.807) is 12.0 Å². The highest BCUT2D eigenvalue weighted by atomic mass is 16.5. The molecule has 46 heavy (non-hydrogen) atoms. The van der Waals surface area contributed by atoms with Crippen molar-refractivity contribution in [1.29, 1.82) is 0 Å². The number of methoxy groups -OCH3 is 1. The van der Waals surface area contributed by atoms with Gasteiger partial charge in [-0.15, -0.1) is 6.58 Å². The highest BCUT2D eigenvalue weighted by Crippen LogP contribution is 2.65. The van der Waals surface area contributed by atoms with Crippen LogP contribution in [0.5, 0.6) is 0 Å². The molecule has 3 fully saturated rings. The molecule has 260 valence electrons. The van der Waals surface area contributed by atoms with Crippen molar-refractivity contribution in [3.05, 3.63) is 12.7 Å². The smallest absolute Gasteiger partial charge is 0.315 e. The van der Waals surface area contributed by atoms with Crippen LogP contribution in [0.25, 0.3) is 0 Å². The molecule has 1 heterocycles. The fraction of sp³-hybridized carbons (Fsp3) is 0.800. The maximum atomic E-state index is 14.6. The number of amides is 5. The summed E-state index contributed by atoms with van der Waals surface area (Å²) in [7, 11) is 1.59. The molecule has 0 aromatic carbocycles. The van der Waals surface area contributed by atoms with E-state index < -0.39 is 47.2 Å². The molecule has 1 aliphatic heterocycles. The molecule has 2 saturated carbocycles. The first-order chi connectivity index (χ1) is 21.5. The fourth-order valence-corrected chi connectivity index (χ4v) is 7.51. The van der Waals surface area contributed by atoms with E-state index in [1.165, 1.54) is 6.08 Å². The Morgan fingerprint density at radius 2 is 1.67 bits per heavy atom. The minimum Gasteiger partial charge on any atom is -0.383 e. The van der Waals surface area contributed by atoms with Crippen molar-refractivity contribution in [2.45, 2.75) is 124 Å². The van der Waals surface area contributed by atoms with Gasteiger partial charge in [-0.1, -0.05) is 86.6 Å². The summed E-state index contributed by atoms with van der Waals surface area (Å²) in [6, 6.07) is -3.37. The molecule has 0 aromatic heterocycles. The highest BCUT2D eigenvalue weighted by molar-refractivity contribution is 6.38. The molecule has 0 bridgehead atoms. The van der Waals surface area contributed by atoms with Gasteiger partial charge in [0.2, 0.25) is 17.6 Å². The fourth-order valence-electron chi connectivity index (χ4n) is 7.51. The second-order valence-corrected chi connectivity index (χ2v) is 15.6. The molecule has 0 aromatic rings. The molecule has 11 nitrogen and oxygen atoms in total. The number of piperidine rings is 1. The number of rotatable bonds is 15. The maximum Gasteiger partial charge on any atom is 0.315 e. The van der Waals surface area contributed by atoms with Gasteiger partial charge >= 0.3 is 6.03 Å². The van der Waals surface area contributed by atoms with Crippen LogP contribution in [0.4, 0.5) is 4.79 Å². The summed E-state index contributed by atoms with van der Waals surface area (Å²) >= 11 is 0. The quantitative estimate of drug-likeness (QED) is 0.158. The summed E-state index contributed by atoms with van der Waals surface area (Å²) in [4.78, 5) is 69.6. The van der Waals surface area contributed by atoms with E-state index in [1.807, 2.05) is 27.7 Å². The molecule has 4 N–H and O–H groups in total. The zero-order chi connectivity index (χ0) is 34.4. The third-order valence-electron chi connectivity index (χ3n) is 10.8. The second kappa shape index (κ2) is 15.3. The minimum absolute atomic E-state index is 0.0893. The van der Waals surface area contributed by atoms with Crippen LogP contribution in [0.15, 0.2) is 12.7 Å². The average Bonchev–Trinajstić information content (AvgIpc) is 3.30. The largest absolute Gasteiger partial charge is 0.383 e. The normalized spacial score (nSPS) is 24.9. The second-order valence-electron chi connectivity index (χ2n) is 15.6. The first kappa shape index (κ1) is 37.5. The van der Waals surface area contributed by atoms with E-state index in [9.17, 15) is 24.0 Å². The summed E-state index contributed by atoms with van der Waals surface area (Å²) in [5.74, 6) is -2.15. The van der Waals surface area contributed by atoms with Crippen LogP contribution in [0.1, 0.15) is 99.8 Å². The molecule has 3 aliphatic rings. The molecule has 2 aliphatic carbocycles. The SMILES string of the molecule is C=CCNC(=O)C(=O)C(CCCC)NC(=O)[C@@H]1[C@@H]2[C@H](CN1C(=O)[C@@H](NC(=O)N[C@H](COC)C(C)(C)C)C1(C)CCCCC1)C2(C)C. The van der Waals surface area contributed by atoms with Gasteiger partial charge in [0.05, 0.1) is 18.7 Å². The molecule has 0 radical (unpaired) electrons. The predicted molar refractivity (Wildman–Crippen MR) is 178 cm³/mol. The molecule has 0 spiro atoms. The standard InChI is InChI=1S/C35H59N5O6/c1-10-12-16-23(27(41)30(43)36-19-11-2)37-29(42)26-25-22(34(25,6)7)20-40(26)31(44)28(35(8)17-14-13-15-18-35)39-32(45)38-24(21-46-9)33(3,4)5/h11,22-26,28H,2,10,12-21H2,1,3-9H3,(H,36,43)(H,37,42)(H2,38,39,45)/t22-,23?,24+,25-,26-,28+/m0/s1. The van der Waals surface area contributed by atoms with Gasteiger partial charge in [0.1, 0.15) is 12.1 Å². The topological polar surface area (TPSA) is 146 Å². The van der Waals surface area contributed by atoms with Crippen molar-refractivity contribution in [2.24, 2.45) is 28.1 Å². The van der Waals surface area contributed by atoms with Gasteiger partial charge in [0.25, 0.3) is 5.91 Å². The molecular weight excluding hydrogens is 586 g/mol. The number of carbonyl (C=O) groups is 5. The van der Waals surface area contributed by atoms with Gasteiger partial charge in [0.15, 0.2) is 0 Å². The highest BCUT2D eigenvalue weighted by Gasteiger charge is 2.70. The zero-order valence-electron chi connectivity index (χ0n) is 29.4. The molecular formula is C35H59N5O6. The number of carbonyl (C=O) groups excluding carboxylic acids is 5. The Morgan fingerprint density at radius 3 is 2.24 bits per heavy atom. The van der Waals surface area contributed by atoms with Crippen molar-refractivity contribution in [2.75, 3.05) is 26.8 Å². The Labute approximate surface area is 275 Å². The van der Waals surface area contributed by atoms with Crippen LogP contribution < -0.4 is 21.3 Å². The van der Waals surface area contributed by atoms with Crippen molar-refractivity contribution < 1.29 is 28.7 Å². The Balaban J connectivity index is 1.90. The number of hydrogen-bond donors (Lipinski definition) is 4. The lowest BCUT2D eigenvalue weighted by molar-refractivity contribution is -0.146. The lowest BCUT2D eigenvalue weighted by Crippen LogP contribution is -2.63. The van der Waals surface area contributed by atoms with Gasteiger partial charge in [-0.25, -0.2) is 4.79 Å². The van der Waals surface area contributed by atoms with Gasteiger partial charge in [0, 0.05) is 20.2 Å². The van der Waals surface area contributed by atoms with Gasteiger partial charge < -0.3 is 30.9 Å². The number of nitrogens with zero attached hydrogens (tertiary/aromatic N) is 1. The number of ether oxygens (including phenoxy) is 1. The first-order valence-electron chi connectivity index (χ1n) is 17.1. The van der Waals surface area contributed by atoms with E-state index in [2.05, 4.69) is 48.6 Å². The number of fused-ring (bicyclic) bond motifs is 1. The van der Waals surface area contributed by atoms with Crippen molar-refractivity contribution in [3.8, 4) is 0 Å². The van der Waals surface area contributed by atoms with Gasteiger partial charge in [-0.05, 0) is 47.3 Å². The van der Waals surface area contributed by atoms with Crippen LogP contribution in [-0.2, 0) is 23.9 Å². The Bertz CT molecular complexity index is 1140. The average molecular weight is 646 g/mol. The summed E-state index contributed by atoms with van der Waals surface area (Å²) in [6.45, 7) is 18.7. The van der Waals surface area contributed by atoms with Crippen molar-refractivity contribution in [1.82, 2.24) is 26.2 Å². The number of nitrogens with one attached hydrogen (secondary N) is 4. The monoisotopic (exact) mass is 645 g/mol. The van der Waals surface area contributed by atoms with E-state index >= 15 is 0 Å². The first-order valence-corrected chi connectivity index (χ1v) is 17.1. The number of likely N-dealkylation sites (tertiary alicyclic amines) is 1. The summed E-state index contributed by atoms with van der Waals surface area (Å²) in [6.07, 6.45) is 7.78. The van der Waals surface area contributed by atoms with Crippen LogP contribution in [0.3, 0.4) is 0 Å². The lowest BCUT2D eigenvalue weighted by Gasteiger charge is -2.43. The van der Waals surface area contributed by atoms with E-state index in [4.69, 9.17) is 4.74 Å². The van der Waals surface area contributed by atoms with Crippen LogP contribution >= 0.6 is 0 Å². The Kier molecular flexibility index (Phi) is 12.5. The van der Waals surface area contributed by atoms with Crippen LogP contribution in [0, 0.1) is 28.1 Å². The number of urea groups is 1. The summed E-state index contributed by atoms with van der Waals surface area (Å²) in [5, 5.41) is 11.5. The molecule has 3 rings (SSSR count). The van der Waals surface area contributed by atoms with Crippen LogP contribution in [-0.4, -0.2) is 85.4 Å². The minimum atomic E-state index is -0.999. The molecule has 1 saturated heterocycles. The van der Waals surface area contributed by atoms with Crippen molar-refractivity contribution in [3.63, 3.8) is 0 Å². The number of ketones is 1. The van der Waals surface area contributed by atoms with Crippen LogP contribution in [0.2, 0.25) is 0 Å².